The maximum Gasteiger partial charge on any atom is 0.191 e. The zero-order chi connectivity index (χ0) is 18.5. The molecule has 2 N–H and O–H groups in total. The Kier molecular flexibility index (Phi) is 13.2. The van der Waals surface area contributed by atoms with Gasteiger partial charge in [-0.2, -0.15) is 0 Å². The van der Waals surface area contributed by atoms with Crippen LogP contribution in [-0.4, -0.2) is 32.8 Å². The summed E-state index contributed by atoms with van der Waals surface area (Å²) in [6.45, 7) is 5.53. The molecule has 27 heavy (non-hydrogen) atoms. The first-order valence-electron chi connectivity index (χ1n) is 9.45. The average Bonchev–Trinajstić information content (AvgIpc) is 3.15. The molecule has 0 unspecified atom stereocenters. The van der Waals surface area contributed by atoms with Crippen molar-refractivity contribution in [3.8, 4) is 0 Å². The molecule has 6 heteroatoms. The van der Waals surface area contributed by atoms with E-state index in [0.29, 0.717) is 0 Å². The summed E-state index contributed by atoms with van der Waals surface area (Å²) in [5.41, 5.74) is 1.33. The van der Waals surface area contributed by atoms with Crippen LogP contribution in [0, 0.1) is 0 Å². The first-order chi connectivity index (χ1) is 12.8. The van der Waals surface area contributed by atoms with Crippen molar-refractivity contribution >= 4 is 41.3 Å². The van der Waals surface area contributed by atoms with Crippen LogP contribution in [0.5, 0.6) is 0 Å². The van der Waals surface area contributed by atoms with Crippen LogP contribution < -0.4 is 10.6 Å². The lowest BCUT2D eigenvalue weighted by molar-refractivity contribution is 0.133. The van der Waals surface area contributed by atoms with E-state index in [1.807, 2.05) is 24.5 Å². The zero-order valence-electron chi connectivity index (χ0n) is 16.4. The van der Waals surface area contributed by atoms with Crippen molar-refractivity contribution in [2.45, 2.75) is 39.2 Å². The molecule has 2 aromatic rings. The third kappa shape index (κ3) is 10.1. The van der Waals surface area contributed by atoms with Crippen LogP contribution in [0.3, 0.4) is 0 Å². The van der Waals surface area contributed by atoms with Crippen LogP contribution in [-0.2, 0) is 24.1 Å². The Morgan fingerprint density at radius 3 is 2.48 bits per heavy atom. The highest BCUT2D eigenvalue weighted by Crippen LogP contribution is 2.16. The number of aliphatic imine (C=N–C) groups is 1. The molecule has 1 aromatic heterocycles. The summed E-state index contributed by atoms with van der Waals surface area (Å²) < 4.78 is 5.72. The number of hydrogen-bond acceptors (Lipinski definition) is 3. The fraction of sp³-hybridized carbons (Fsp3) is 0.476. The van der Waals surface area contributed by atoms with Crippen molar-refractivity contribution in [2.75, 3.05) is 26.8 Å². The number of aryl methyl sites for hydroxylation is 1. The van der Waals surface area contributed by atoms with E-state index < -0.39 is 0 Å². The molecule has 0 aliphatic rings. The van der Waals surface area contributed by atoms with Gasteiger partial charge in [-0.1, -0.05) is 37.3 Å². The lowest BCUT2D eigenvalue weighted by Crippen LogP contribution is -2.37. The van der Waals surface area contributed by atoms with Gasteiger partial charge in [0.2, 0.25) is 0 Å². The molecule has 2 rings (SSSR count). The largest absolute Gasteiger partial charge is 0.381 e. The predicted octanol–water partition coefficient (Wildman–Crippen LogP) is 4.63. The molecule has 1 heterocycles. The molecule has 0 saturated carbocycles. The maximum atomic E-state index is 5.72. The van der Waals surface area contributed by atoms with Gasteiger partial charge in [0, 0.05) is 30.0 Å². The van der Waals surface area contributed by atoms with Crippen LogP contribution in [0.1, 0.15) is 35.1 Å². The van der Waals surface area contributed by atoms with Gasteiger partial charge >= 0.3 is 0 Å². The summed E-state index contributed by atoms with van der Waals surface area (Å²) in [6, 6.07) is 14.9. The number of ether oxygens (including phenoxy) is 1. The second-order valence-electron chi connectivity index (χ2n) is 6.13. The predicted molar refractivity (Wildman–Crippen MR) is 128 cm³/mol. The van der Waals surface area contributed by atoms with E-state index in [1.165, 1.54) is 15.3 Å². The van der Waals surface area contributed by atoms with Crippen LogP contribution >= 0.6 is 35.3 Å². The third-order valence-corrected chi connectivity index (χ3v) is 5.33. The van der Waals surface area contributed by atoms with Crippen molar-refractivity contribution < 1.29 is 4.74 Å². The zero-order valence-corrected chi connectivity index (χ0v) is 19.5. The maximum absolute atomic E-state index is 5.72. The quantitative estimate of drug-likeness (QED) is 0.204. The molecule has 0 saturated heterocycles. The molecule has 0 spiro atoms. The van der Waals surface area contributed by atoms with Gasteiger partial charge in [0.1, 0.15) is 0 Å². The van der Waals surface area contributed by atoms with Gasteiger partial charge in [-0.15, -0.1) is 35.3 Å². The van der Waals surface area contributed by atoms with Gasteiger partial charge in [-0.3, -0.25) is 4.99 Å². The Morgan fingerprint density at radius 2 is 1.78 bits per heavy atom. The van der Waals surface area contributed by atoms with Gasteiger partial charge < -0.3 is 15.4 Å². The Balaban J connectivity index is 0.00000364. The average molecular weight is 501 g/mol. The Hall–Kier alpha value is -1.12. The minimum atomic E-state index is 0. The molecule has 4 nitrogen and oxygen atoms in total. The lowest BCUT2D eigenvalue weighted by Gasteiger charge is -2.11. The second-order valence-corrected chi connectivity index (χ2v) is 7.38. The van der Waals surface area contributed by atoms with Crippen molar-refractivity contribution in [2.24, 2.45) is 4.99 Å². The SMILES string of the molecule is CCc1ccc(CNC(=NC)NCCCCOCCc2ccccc2)s1.I. The Bertz CT molecular complexity index is 646. The first-order valence-corrected chi connectivity index (χ1v) is 10.3. The van der Waals surface area contributed by atoms with Gasteiger partial charge in [-0.25, -0.2) is 0 Å². The number of halogens is 1. The van der Waals surface area contributed by atoms with E-state index in [1.54, 1.807) is 0 Å². The number of nitrogens with one attached hydrogen (secondary N) is 2. The number of rotatable bonds is 11. The highest BCUT2D eigenvalue weighted by Gasteiger charge is 2.01. The monoisotopic (exact) mass is 501 g/mol. The standard InChI is InChI=1S/C21H31N3OS.HI/c1-3-19-11-12-20(26-19)17-24-21(22-2)23-14-7-8-15-25-16-13-18-9-5-4-6-10-18;/h4-6,9-12H,3,7-8,13-17H2,1-2H3,(H2,22,23,24);1H. The van der Waals surface area contributed by atoms with Gasteiger partial charge in [0.15, 0.2) is 5.96 Å². The van der Waals surface area contributed by atoms with E-state index in [4.69, 9.17) is 4.74 Å². The van der Waals surface area contributed by atoms with Gasteiger partial charge in [0.05, 0.1) is 13.2 Å². The lowest BCUT2D eigenvalue weighted by atomic mass is 10.2. The van der Waals surface area contributed by atoms with E-state index in [9.17, 15) is 0 Å². The Labute approximate surface area is 184 Å². The fourth-order valence-corrected chi connectivity index (χ4v) is 3.47. The first kappa shape index (κ1) is 23.9. The topological polar surface area (TPSA) is 45.7 Å². The summed E-state index contributed by atoms with van der Waals surface area (Å²) in [7, 11) is 1.81. The summed E-state index contributed by atoms with van der Waals surface area (Å²) in [5.74, 6) is 0.862. The van der Waals surface area contributed by atoms with E-state index in [-0.39, 0.29) is 24.0 Å². The van der Waals surface area contributed by atoms with Crippen LogP contribution in [0.4, 0.5) is 0 Å². The highest BCUT2D eigenvalue weighted by atomic mass is 127. The summed E-state index contributed by atoms with van der Waals surface area (Å²) in [5, 5.41) is 6.74. The molecule has 0 bridgehead atoms. The smallest absolute Gasteiger partial charge is 0.191 e. The normalized spacial score (nSPS) is 11.1. The second kappa shape index (κ2) is 14.9. The number of hydrogen-bond donors (Lipinski definition) is 2. The van der Waals surface area contributed by atoms with Crippen LogP contribution in [0.2, 0.25) is 0 Å². The minimum Gasteiger partial charge on any atom is -0.381 e. The highest BCUT2D eigenvalue weighted by molar-refractivity contribution is 14.0. The number of thiophene rings is 1. The minimum absolute atomic E-state index is 0. The summed E-state index contributed by atoms with van der Waals surface area (Å²) >= 11 is 1.86. The molecule has 0 aliphatic heterocycles. The third-order valence-electron chi connectivity index (χ3n) is 4.11. The number of benzene rings is 1. The fourth-order valence-electron chi connectivity index (χ4n) is 2.57. The molecule has 0 fully saturated rings. The van der Waals surface area contributed by atoms with Crippen LogP contribution in [0.15, 0.2) is 47.5 Å². The molecule has 0 amide bonds. The van der Waals surface area contributed by atoms with Crippen LogP contribution in [0.25, 0.3) is 0 Å². The summed E-state index contributed by atoms with van der Waals surface area (Å²) in [4.78, 5) is 7.05. The molecule has 1 aromatic carbocycles. The molecule has 150 valence electrons. The van der Waals surface area contributed by atoms with Crippen molar-refractivity contribution in [1.82, 2.24) is 10.6 Å². The van der Waals surface area contributed by atoms with E-state index in [0.717, 1.165) is 57.9 Å². The molecular weight excluding hydrogens is 469 g/mol. The number of unbranched alkanes of at least 4 members (excludes halogenated alkanes) is 1. The van der Waals surface area contributed by atoms with Crippen molar-refractivity contribution in [1.29, 1.82) is 0 Å². The number of guanidine groups is 1. The van der Waals surface area contributed by atoms with Gasteiger partial charge in [-0.05, 0) is 43.4 Å². The van der Waals surface area contributed by atoms with E-state index in [2.05, 4.69) is 58.9 Å². The van der Waals surface area contributed by atoms with Crippen molar-refractivity contribution in [3.05, 3.63) is 57.8 Å². The molecule has 0 aliphatic carbocycles. The van der Waals surface area contributed by atoms with Gasteiger partial charge in [0.25, 0.3) is 0 Å². The molecule has 0 atom stereocenters. The molecular formula is C21H32IN3OS. The Morgan fingerprint density at radius 1 is 1.00 bits per heavy atom. The number of nitrogens with zero attached hydrogens (tertiary/aromatic N) is 1. The molecule has 0 radical (unpaired) electrons. The van der Waals surface area contributed by atoms with Crippen molar-refractivity contribution in [3.63, 3.8) is 0 Å². The summed E-state index contributed by atoms with van der Waals surface area (Å²) in [6.07, 6.45) is 4.22. The van der Waals surface area contributed by atoms with E-state index >= 15 is 0 Å².